The predicted octanol–water partition coefficient (Wildman–Crippen LogP) is 1.95. The lowest BCUT2D eigenvalue weighted by molar-refractivity contribution is 0.0770. The van der Waals surface area contributed by atoms with Crippen molar-refractivity contribution >= 4 is 5.91 Å². The van der Waals surface area contributed by atoms with E-state index in [4.69, 9.17) is 10.00 Å². The second-order valence-corrected chi connectivity index (χ2v) is 5.42. The van der Waals surface area contributed by atoms with Gasteiger partial charge in [0.15, 0.2) is 0 Å². The van der Waals surface area contributed by atoms with Gasteiger partial charge in [-0.1, -0.05) is 18.2 Å². The third-order valence-electron chi connectivity index (χ3n) is 3.86. The molecule has 2 heterocycles. The monoisotopic (exact) mass is 308 g/mol. The number of amides is 1. The fourth-order valence-corrected chi connectivity index (χ4v) is 2.64. The van der Waals surface area contributed by atoms with Crippen molar-refractivity contribution in [1.29, 1.82) is 5.26 Å². The quantitative estimate of drug-likeness (QED) is 0.866. The topological polar surface area (TPSA) is 79.1 Å². The van der Waals surface area contributed by atoms with Crippen molar-refractivity contribution in [2.75, 3.05) is 13.1 Å². The van der Waals surface area contributed by atoms with E-state index in [-0.39, 0.29) is 23.6 Å². The van der Waals surface area contributed by atoms with Gasteiger partial charge in [-0.15, -0.1) is 0 Å². The molecule has 1 amide bonds. The lowest BCUT2D eigenvalue weighted by Crippen LogP contribution is -2.31. The van der Waals surface area contributed by atoms with Gasteiger partial charge >= 0.3 is 0 Å². The molecule has 2 aromatic rings. The van der Waals surface area contributed by atoms with Crippen molar-refractivity contribution < 1.29 is 9.53 Å². The summed E-state index contributed by atoms with van der Waals surface area (Å²) < 4.78 is 5.75. The van der Waals surface area contributed by atoms with E-state index < -0.39 is 0 Å². The van der Waals surface area contributed by atoms with Crippen LogP contribution in [0.5, 0.6) is 5.88 Å². The number of carbonyl (C=O) groups is 1. The highest BCUT2D eigenvalue weighted by Crippen LogP contribution is 2.20. The van der Waals surface area contributed by atoms with E-state index in [1.165, 1.54) is 12.4 Å². The SMILES string of the molecule is Cc1ccccc1C(=O)N1CCC(Oc2nccnc2C#N)C1. The molecule has 0 radical (unpaired) electrons. The first kappa shape index (κ1) is 15.0. The minimum absolute atomic E-state index is 0.00820. The number of nitriles is 1. The molecule has 0 saturated carbocycles. The van der Waals surface area contributed by atoms with Gasteiger partial charge in [0.1, 0.15) is 12.2 Å². The summed E-state index contributed by atoms with van der Waals surface area (Å²) in [6.45, 7) is 3.03. The molecule has 23 heavy (non-hydrogen) atoms. The number of hydrogen-bond acceptors (Lipinski definition) is 5. The van der Waals surface area contributed by atoms with Crippen LogP contribution in [0.15, 0.2) is 36.7 Å². The molecular formula is C17H16N4O2. The third kappa shape index (κ3) is 3.14. The third-order valence-corrected chi connectivity index (χ3v) is 3.86. The smallest absolute Gasteiger partial charge is 0.254 e. The number of hydrogen-bond donors (Lipinski definition) is 0. The molecule has 1 unspecified atom stereocenters. The van der Waals surface area contributed by atoms with Crippen LogP contribution >= 0.6 is 0 Å². The number of aryl methyl sites for hydroxylation is 1. The Balaban J connectivity index is 1.68. The maximum atomic E-state index is 12.6. The van der Waals surface area contributed by atoms with E-state index >= 15 is 0 Å². The number of rotatable bonds is 3. The van der Waals surface area contributed by atoms with E-state index in [1.54, 1.807) is 4.90 Å². The number of nitrogens with zero attached hydrogens (tertiary/aromatic N) is 4. The average Bonchev–Trinajstić information content (AvgIpc) is 3.04. The summed E-state index contributed by atoms with van der Waals surface area (Å²) >= 11 is 0. The van der Waals surface area contributed by atoms with E-state index in [2.05, 4.69) is 9.97 Å². The van der Waals surface area contributed by atoms with E-state index in [9.17, 15) is 4.79 Å². The highest BCUT2D eigenvalue weighted by molar-refractivity contribution is 5.95. The van der Waals surface area contributed by atoms with Crippen LogP contribution < -0.4 is 4.74 Å². The normalized spacial score (nSPS) is 16.9. The number of ether oxygens (including phenoxy) is 1. The summed E-state index contributed by atoms with van der Waals surface area (Å²) in [5, 5.41) is 9.01. The van der Waals surface area contributed by atoms with Gasteiger partial charge in [-0.25, -0.2) is 9.97 Å². The van der Waals surface area contributed by atoms with Crippen LogP contribution in [0.4, 0.5) is 0 Å². The molecule has 0 spiro atoms. The van der Waals surface area contributed by atoms with E-state index in [0.717, 1.165) is 5.56 Å². The van der Waals surface area contributed by atoms with Gasteiger partial charge in [0.05, 0.1) is 6.54 Å². The van der Waals surface area contributed by atoms with Gasteiger partial charge in [0.25, 0.3) is 11.8 Å². The molecule has 3 rings (SSSR count). The van der Waals surface area contributed by atoms with Crippen LogP contribution in [0, 0.1) is 18.3 Å². The maximum Gasteiger partial charge on any atom is 0.254 e. The fourth-order valence-electron chi connectivity index (χ4n) is 2.64. The Labute approximate surface area is 134 Å². The molecule has 1 aliphatic rings. The Hall–Kier alpha value is -2.94. The molecule has 0 N–H and O–H groups in total. The molecule has 1 saturated heterocycles. The standard InChI is InChI=1S/C17H16N4O2/c1-12-4-2-3-5-14(12)17(22)21-9-6-13(11-21)23-16-15(10-18)19-7-8-20-16/h2-5,7-8,13H,6,9,11H2,1H3. The van der Waals surface area contributed by atoms with Crippen LogP contribution in [0.1, 0.15) is 28.0 Å². The summed E-state index contributed by atoms with van der Waals surface area (Å²) in [7, 11) is 0. The Morgan fingerprint density at radius 2 is 2.13 bits per heavy atom. The van der Waals surface area contributed by atoms with Crippen LogP contribution in [-0.4, -0.2) is 40.0 Å². The molecule has 1 atom stereocenters. The molecule has 1 fully saturated rings. The second-order valence-electron chi connectivity index (χ2n) is 5.42. The summed E-state index contributed by atoms with van der Waals surface area (Å²) in [6, 6.07) is 9.50. The Morgan fingerprint density at radius 1 is 1.35 bits per heavy atom. The largest absolute Gasteiger partial charge is 0.470 e. The predicted molar refractivity (Wildman–Crippen MR) is 82.9 cm³/mol. The van der Waals surface area contributed by atoms with Gasteiger partial charge in [-0.3, -0.25) is 4.79 Å². The van der Waals surface area contributed by atoms with Gasteiger partial charge in [-0.05, 0) is 18.6 Å². The minimum Gasteiger partial charge on any atom is -0.470 e. The molecule has 6 heteroatoms. The molecule has 1 aliphatic heterocycles. The first-order chi connectivity index (χ1) is 11.2. The lowest BCUT2D eigenvalue weighted by Gasteiger charge is -2.18. The minimum atomic E-state index is -0.174. The molecule has 116 valence electrons. The van der Waals surface area contributed by atoms with Gasteiger partial charge in [0.2, 0.25) is 5.69 Å². The molecule has 1 aromatic heterocycles. The van der Waals surface area contributed by atoms with Crippen LogP contribution in [0.3, 0.4) is 0 Å². The highest BCUT2D eigenvalue weighted by atomic mass is 16.5. The van der Waals surface area contributed by atoms with Gasteiger partial charge < -0.3 is 9.64 Å². The zero-order valence-corrected chi connectivity index (χ0v) is 12.8. The van der Waals surface area contributed by atoms with Crippen molar-refractivity contribution in [3.63, 3.8) is 0 Å². The second kappa shape index (κ2) is 6.44. The zero-order chi connectivity index (χ0) is 16.2. The Morgan fingerprint density at radius 3 is 2.91 bits per heavy atom. The number of carbonyl (C=O) groups excluding carboxylic acids is 1. The maximum absolute atomic E-state index is 12.6. The summed E-state index contributed by atoms with van der Waals surface area (Å²) in [6.07, 6.45) is 3.47. The Kier molecular flexibility index (Phi) is 4.20. The summed E-state index contributed by atoms with van der Waals surface area (Å²) in [5.74, 6) is 0.235. The van der Waals surface area contributed by atoms with E-state index in [1.807, 2.05) is 37.3 Å². The van der Waals surface area contributed by atoms with Crippen molar-refractivity contribution in [2.24, 2.45) is 0 Å². The van der Waals surface area contributed by atoms with Crippen LogP contribution in [0.25, 0.3) is 0 Å². The van der Waals surface area contributed by atoms with E-state index in [0.29, 0.717) is 25.1 Å². The first-order valence-electron chi connectivity index (χ1n) is 7.41. The van der Waals surface area contributed by atoms with Crippen molar-refractivity contribution in [2.45, 2.75) is 19.4 Å². The molecule has 0 aliphatic carbocycles. The molecule has 1 aromatic carbocycles. The fraction of sp³-hybridized carbons (Fsp3) is 0.294. The zero-order valence-electron chi connectivity index (χ0n) is 12.8. The van der Waals surface area contributed by atoms with Crippen LogP contribution in [0.2, 0.25) is 0 Å². The average molecular weight is 308 g/mol. The van der Waals surface area contributed by atoms with Crippen LogP contribution in [-0.2, 0) is 0 Å². The Bertz CT molecular complexity index is 769. The number of aromatic nitrogens is 2. The first-order valence-corrected chi connectivity index (χ1v) is 7.41. The molecular weight excluding hydrogens is 292 g/mol. The molecule has 6 nitrogen and oxygen atoms in total. The molecule has 0 bridgehead atoms. The number of benzene rings is 1. The lowest BCUT2D eigenvalue weighted by atomic mass is 10.1. The van der Waals surface area contributed by atoms with Crippen molar-refractivity contribution in [3.05, 3.63) is 53.5 Å². The van der Waals surface area contributed by atoms with Crippen molar-refractivity contribution in [1.82, 2.24) is 14.9 Å². The van der Waals surface area contributed by atoms with Crippen molar-refractivity contribution in [3.8, 4) is 11.9 Å². The van der Waals surface area contributed by atoms with Gasteiger partial charge in [0, 0.05) is 30.9 Å². The number of likely N-dealkylation sites (tertiary alicyclic amines) is 1. The summed E-state index contributed by atoms with van der Waals surface area (Å²) in [5.41, 5.74) is 1.84. The van der Waals surface area contributed by atoms with Gasteiger partial charge in [-0.2, -0.15) is 5.26 Å². The highest BCUT2D eigenvalue weighted by Gasteiger charge is 2.29. The summed E-state index contributed by atoms with van der Waals surface area (Å²) in [4.78, 5) is 22.3.